The number of unbranched alkanes of at least 4 members (excludes halogenated alkanes) is 2. The second-order valence-electron chi connectivity index (χ2n) is 6.05. The van der Waals surface area contributed by atoms with Crippen molar-refractivity contribution in [2.24, 2.45) is 0 Å². The molecule has 1 heterocycles. The smallest absolute Gasteiger partial charge is 0.256 e. The molecule has 0 radical (unpaired) electrons. The molecule has 1 aliphatic heterocycles. The number of nitrogens with zero attached hydrogens (tertiary/aromatic N) is 1. The Morgan fingerprint density at radius 2 is 2.12 bits per heavy atom. The van der Waals surface area contributed by atoms with E-state index in [0.717, 1.165) is 25.7 Å². The lowest BCUT2D eigenvalue weighted by Crippen LogP contribution is -2.42. The normalized spacial score (nSPS) is 17.2. The number of aliphatic hydroxyl groups is 1. The van der Waals surface area contributed by atoms with E-state index in [1.54, 1.807) is 29.2 Å². The number of piperidine rings is 1. The number of rotatable bonds is 6. The predicted molar refractivity (Wildman–Crippen MR) is 93.5 cm³/mol. The van der Waals surface area contributed by atoms with Gasteiger partial charge in [0.25, 0.3) is 5.91 Å². The first-order chi connectivity index (χ1) is 11.6. The minimum Gasteiger partial charge on any atom is -0.391 e. The van der Waals surface area contributed by atoms with Gasteiger partial charge in [-0.1, -0.05) is 12.1 Å². The van der Waals surface area contributed by atoms with Gasteiger partial charge in [-0.2, -0.15) is 0 Å². The van der Waals surface area contributed by atoms with Gasteiger partial charge in [0.15, 0.2) is 0 Å². The molecule has 0 saturated carbocycles. The van der Waals surface area contributed by atoms with Gasteiger partial charge in [-0.15, -0.1) is 12.3 Å². The number of likely N-dealkylation sites (tertiary alicyclic amines) is 1. The molecular weight excluding hydrogens is 304 g/mol. The van der Waals surface area contributed by atoms with Gasteiger partial charge in [0.05, 0.1) is 17.4 Å². The predicted octanol–water partition coefficient (Wildman–Crippen LogP) is 2.42. The third-order valence-electron chi connectivity index (χ3n) is 4.09. The van der Waals surface area contributed by atoms with Crippen LogP contribution < -0.4 is 5.32 Å². The summed E-state index contributed by atoms with van der Waals surface area (Å²) in [7, 11) is 0. The molecule has 0 bridgehead atoms. The van der Waals surface area contributed by atoms with Crippen LogP contribution in [0.25, 0.3) is 0 Å². The van der Waals surface area contributed by atoms with Crippen molar-refractivity contribution < 1.29 is 14.7 Å². The Morgan fingerprint density at radius 3 is 2.88 bits per heavy atom. The highest BCUT2D eigenvalue weighted by molar-refractivity contribution is 6.03. The highest BCUT2D eigenvalue weighted by Crippen LogP contribution is 2.20. The van der Waals surface area contributed by atoms with Crippen LogP contribution in [0.3, 0.4) is 0 Å². The molecule has 1 unspecified atom stereocenters. The number of aliphatic hydroxyl groups excluding tert-OH is 1. The summed E-state index contributed by atoms with van der Waals surface area (Å²) in [5.74, 6) is 2.28. The van der Waals surface area contributed by atoms with Crippen LogP contribution in [0.15, 0.2) is 24.3 Å². The molecular formula is C19H24N2O3. The second kappa shape index (κ2) is 9.09. The third-order valence-corrected chi connectivity index (χ3v) is 4.09. The number of hydrogen-bond donors (Lipinski definition) is 2. The SMILES string of the molecule is C#CCCCCC(=O)Nc1ccccc1C(=O)N1CCCC(O)C1. The van der Waals surface area contributed by atoms with Gasteiger partial charge < -0.3 is 15.3 Å². The molecule has 0 aliphatic carbocycles. The Balaban J connectivity index is 2.00. The fourth-order valence-electron chi connectivity index (χ4n) is 2.81. The molecule has 5 nitrogen and oxygen atoms in total. The summed E-state index contributed by atoms with van der Waals surface area (Å²) in [6.45, 7) is 0.970. The van der Waals surface area contributed by atoms with Crippen molar-refractivity contribution in [2.45, 2.75) is 44.6 Å². The van der Waals surface area contributed by atoms with Crippen molar-refractivity contribution in [1.29, 1.82) is 0 Å². The van der Waals surface area contributed by atoms with Gasteiger partial charge in [-0.3, -0.25) is 9.59 Å². The maximum absolute atomic E-state index is 12.7. The Kier molecular flexibility index (Phi) is 6.83. The first kappa shape index (κ1) is 18.0. The van der Waals surface area contributed by atoms with Gasteiger partial charge in [-0.25, -0.2) is 0 Å². The van der Waals surface area contributed by atoms with Crippen molar-refractivity contribution in [3.8, 4) is 12.3 Å². The first-order valence-electron chi connectivity index (χ1n) is 8.41. The molecule has 1 atom stereocenters. The Bertz CT molecular complexity index is 621. The molecule has 1 saturated heterocycles. The highest BCUT2D eigenvalue weighted by Gasteiger charge is 2.24. The average Bonchev–Trinajstić information content (AvgIpc) is 2.59. The number of benzene rings is 1. The van der Waals surface area contributed by atoms with E-state index in [1.807, 2.05) is 0 Å². The Morgan fingerprint density at radius 1 is 1.33 bits per heavy atom. The summed E-state index contributed by atoms with van der Waals surface area (Å²) in [6.07, 6.45) is 8.82. The fourth-order valence-corrected chi connectivity index (χ4v) is 2.81. The standard InChI is InChI=1S/C19H24N2O3/c1-2-3-4-5-12-18(23)20-17-11-7-6-10-16(17)19(24)21-13-8-9-15(22)14-21/h1,6-7,10-11,15,22H,3-5,8-9,12-14H2,(H,20,23). The largest absolute Gasteiger partial charge is 0.391 e. The van der Waals surface area contributed by atoms with Crippen molar-refractivity contribution in [1.82, 2.24) is 4.90 Å². The number of anilines is 1. The van der Waals surface area contributed by atoms with Gasteiger partial charge in [-0.05, 0) is 37.8 Å². The highest BCUT2D eigenvalue weighted by atomic mass is 16.3. The molecule has 1 aromatic rings. The molecule has 2 rings (SSSR count). The number of amides is 2. The number of carbonyl (C=O) groups is 2. The number of para-hydroxylation sites is 1. The molecule has 24 heavy (non-hydrogen) atoms. The van der Waals surface area contributed by atoms with Gasteiger partial charge in [0.2, 0.25) is 5.91 Å². The third kappa shape index (κ3) is 5.10. The van der Waals surface area contributed by atoms with E-state index in [9.17, 15) is 14.7 Å². The Hall–Kier alpha value is -2.32. The summed E-state index contributed by atoms with van der Waals surface area (Å²) < 4.78 is 0. The molecule has 0 spiro atoms. The molecule has 2 N–H and O–H groups in total. The molecule has 1 fully saturated rings. The molecule has 2 amide bonds. The second-order valence-corrected chi connectivity index (χ2v) is 6.05. The van der Waals surface area contributed by atoms with Crippen LogP contribution >= 0.6 is 0 Å². The Labute approximate surface area is 143 Å². The quantitative estimate of drug-likeness (QED) is 0.622. The minimum absolute atomic E-state index is 0.119. The molecule has 128 valence electrons. The summed E-state index contributed by atoms with van der Waals surface area (Å²) in [4.78, 5) is 26.4. The van der Waals surface area contributed by atoms with Crippen molar-refractivity contribution >= 4 is 17.5 Å². The van der Waals surface area contributed by atoms with E-state index >= 15 is 0 Å². The van der Waals surface area contributed by atoms with Crippen molar-refractivity contribution in [3.63, 3.8) is 0 Å². The lowest BCUT2D eigenvalue weighted by molar-refractivity contribution is -0.116. The van der Waals surface area contributed by atoms with Crippen LogP contribution in [-0.4, -0.2) is 41.0 Å². The van der Waals surface area contributed by atoms with Crippen LogP contribution in [0.2, 0.25) is 0 Å². The van der Waals surface area contributed by atoms with Crippen LogP contribution in [0.1, 0.15) is 48.9 Å². The number of hydrogen-bond acceptors (Lipinski definition) is 3. The average molecular weight is 328 g/mol. The topological polar surface area (TPSA) is 69.6 Å². The lowest BCUT2D eigenvalue weighted by Gasteiger charge is -2.30. The number of nitrogens with one attached hydrogen (secondary N) is 1. The van der Waals surface area contributed by atoms with Crippen molar-refractivity contribution in [2.75, 3.05) is 18.4 Å². The number of terminal acetylenes is 1. The summed E-state index contributed by atoms with van der Waals surface area (Å²) in [5.41, 5.74) is 0.980. The molecule has 5 heteroatoms. The van der Waals surface area contributed by atoms with Crippen LogP contribution in [0.5, 0.6) is 0 Å². The molecule has 1 aliphatic rings. The van der Waals surface area contributed by atoms with Crippen LogP contribution in [0, 0.1) is 12.3 Å². The molecule has 1 aromatic carbocycles. The van der Waals surface area contributed by atoms with E-state index in [0.29, 0.717) is 37.2 Å². The van der Waals surface area contributed by atoms with Crippen LogP contribution in [0.4, 0.5) is 5.69 Å². The van der Waals surface area contributed by atoms with Crippen molar-refractivity contribution in [3.05, 3.63) is 29.8 Å². The van der Waals surface area contributed by atoms with Crippen LogP contribution in [-0.2, 0) is 4.79 Å². The maximum Gasteiger partial charge on any atom is 0.256 e. The number of carbonyl (C=O) groups excluding carboxylic acids is 2. The summed E-state index contributed by atoms with van der Waals surface area (Å²) in [6, 6.07) is 7.00. The maximum atomic E-state index is 12.7. The summed E-state index contributed by atoms with van der Waals surface area (Å²) in [5, 5.41) is 12.6. The zero-order chi connectivity index (χ0) is 17.4. The monoisotopic (exact) mass is 328 g/mol. The van der Waals surface area contributed by atoms with Gasteiger partial charge in [0.1, 0.15) is 0 Å². The zero-order valence-electron chi connectivity index (χ0n) is 13.8. The van der Waals surface area contributed by atoms with E-state index in [-0.39, 0.29) is 11.8 Å². The van der Waals surface area contributed by atoms with E-state index in [1.165, 1.54) is 0 Å². The van der Waals surface area contributed by atoms with E-state index in [2.05, 4.69) is 11.2 Å². The van der Waals surface area contributed by atoms with Gasteiger partial charge >= 0.3 is 0 Å². The number of β-amino-alcohol motifs (C(OH)–C–C–N with tert-alkyl or cyclic N) is 1. The summed E-state index contributed by atoms with van der Waals surface area (Å²) >= 11 is 0. The molecule has 0 aromatic heterocycles. The zero-order valence-corrected chi connectivity index (χ0v) is 13.8. The van der Waals surface area contributed by atoms with E-state index in [4.69, 9.17) is 6.42 Å². The van der Waals surface area contributed by atoms with Gasteiger partial charge in [0, 0.05) is 25.9 Å². The fraction of sp³-hybridized carbons (Fsp3) is 0.474. The lowest BCUT2D eigenvalue weighted by atomic mass is 10.1. The first-order valence-corrected chi connectivity index (χ1v) is 8.41. The minimum atomic E-state index is -0.472. The van der Waals surface area contributed by atoms with E-state index < -0.39 is 6.10 Å².